The molecule has 1 amide bonds. The number of ether oxygens (including phenoxy) is 2. The first-order valence-electron chi connectivity index (χ1n) is 10.1. The number of nitrogens with zero attached hydrogens (tertiary/aromatic N) is 2. The minimum Gasteiger partial charge on any atom is -0.491 e. The number of aryl methyl sites for hydroxylation is 1. The molecule has 0 bridgehead atoms. The number of carbonyl (C=O) groups is 1. The predicted octanol–water partition coefficient (Wildman–Crippen LogP) is 3.52. The van der Waals surface area contributed by atoms with Gasteiger partial charge < -0.3 is 19.3 Å². The van der Waals surface area contributed by atoms with Crippen molar-refractivity contribution in [3.8, 4) is 5.75 Å². The predicted molar refractivity (Wildman–Crippen MR) is 110 cm³/mol. The van der Waals surface area contributed by atoms with E-state index in [1.54, 1.807) is 0 Å². The topological polar surface area (TPSA) is 42.0 Å². The van der Waals surface area contributed by atoms with Gasteiger partial charge in [0.05, 0.1) is 6.10 Å². The lowest BCUT2D eigenvalue weighted by molar-refractivity contribution is 0.0678. The van der Waals surface area contributed by atoms with E-state index >= 15 is 0 Å². The summed E-state index contributed by atoms with van der Waals surface area (Å²) >= 11 is 0. The van der Waals surface area contributed by atoms with Crippen LogP contribution in [0.1, 0.15) is 28.8 Å². The average molecular weight is 380 g/mol. The number of benzene rings is 2. The average Bonchev–Trinajstić information content (AvgIpc) is 3.26. The minimum atomic E-state index is 0.0922. The molecule has 2 aliphatic rings. The Morgan fingerprint density at radius 3 is 2.57 bits per heavy atom. The molecule has 148 valence electrons. The molecule has 0 aromatic heterocycles. The molecule has 2 heterocycles. The first-order chi connectivity index (χ1) is 13.7. The summed E-state index contributed by atoms with van der Waals surface area (Å²) in [4.78, 5) is 17.1. The molecule has 28 heavy (non-hydrogen) atoms. The number of piperazine rings is 1. The normalized spacial score (nSPS) is 19.7. The van der Waals surface area contributed by atoms with Gasteiger partial charge in [-0.3, -0.25) is 4.79 Å². The minimum absolute atomic E-state index is 0.0922. The Balaban J connectivity index is 1.29. The lowest BCUT2D eigenvalue weighted by Crippen LogP contribution is -2.48. The highest BCUT2D eigenvalue weighted by atomic mass is 16.5. The molecule has 5 nitrogen and oxygen atoms in total. The Morgan fingerprint density at radius 1 is 1.11 bits per heavy atom. The molecule has 0 aliphatic carbocycles. The quantitative estimate of drug-likeness (QED) is 0.796. The van der Waals surface area contributed by atoms with Gasteiger partial charge in [-0.2, -0.15) is 0 Å². The molecule has 0 N–H and O–H groups in total. The van der Waals surface area contributed by atoms with E-state index < -0.39 is 0 Å². The largest absolute Gasteiger partial charge is 0.491 e. The van der Waals surface area contributed by atoms with Crippen LogP contribution in [0, 0.1) is 6.92 Å². The molecule has 2 aromatic rings. The SMILES string of the molecule is Cc1cccc(N2CCN(C(=O)c3ccc(OC[C@H]4CCCO4)cc3)CC2)c1. The summed E-state index contributed by atoms with van der Waals surface area (Å²) in [5, 5.41) is 0. The molecule has 2 aromatic carbocycles. The number of hydrogen-bond acceptors (Lipinski definition) is 4. The van der Waals surface area contributed by atoms with Crippen molar-refractivity contribution in [2.45, 2.75) is 25.9 Å². The number of carbonyl (C=O) groups excluding carboxylic acids is 1. The molecule has 0 spiro atoms. The van der Waals surface area contributed by atoms with Crippen LogP contribution in [-0.2, 0) is 4.74 Å². The monoisotopic (exact) mass is 380 g/mol. The zero-order valence-corrected chi connectivity index (χ0v) is 16.5. The Labute approximate surface area is 166 Å². The Kier molecular flexibility index (Phi) is 5.81. The zero-order chi connectivity index (χ0) is 19.3. The summed E-state index contributed by atoms with van der Waals surface area (Å²) < 4.78 is 11.4. The molecule has 2 fully saturated rings. The van der Waals surface area contributed by atoms with E-state index in [-0.39, 0.29) is 12.0 Å². The van der Waals surface area contributed by atoms with Gasteiger partial charge in [-0.1, -0.05) is 12.1 Å². The molecular formula is C23H28N2O3. The van der Waals surface area contributed by atoms with Crippen LogP contribution in [0.5, 0.6) is 5.75 Å². The fraction of sp³-hybridized carbons (Fsp3) is 0.435. The third kappa shape index (κ3) is 4.47. The van der Waals surface area contributed by atoms with Crippen LogP contribution in [0.15, 0.2) is 48.5 Å². The van der Waals surface area contributed by atoms with E-state index in [4.69, 9.17) is 9.47 Å². The van der Waals surface area contributed by atoms with Gasteiger partial charge in [0, 0.05) is 44.0 Å². The maximum Gasteiger partial charge on any atom is 0.253 e. The summed E-state index contributed by atoms with van der Waals surface area (Å²) in [5.41, 5.74) is 3.21. The molecule has 2 saturated heterocycles. The second-order valence-electron chi connectivity index (χ2n) is 7.59. The van der Waals surface area contributed by atoms with Crippen LogP contribution < -0.4 is 9.64 Å². The first-order valence-corrected chi connectivity index (χ1v) is 10.1. The van der Waals surface area contributed by atoms with Gasteiger partial charge in [0.25, 0.3) is 5.91 Å². The van der Waals surface area contributed by atoms with E-state index in [1.165, 1.54) is 11.3 Å². The standard InChI is InChI=1S/C23H28N2O3/c1-18-4-2-5-20(16-18)24-11-13-25(14-12-24)23(26)19-7-9-21(10-8-19)28-17-22-6-3-15-27-22/h2,4-5,7-10,16,22H,3,6,11-15,17H2,1H3/t22-/m1/s1. The smallest absolute Gasteiger partial charge is 0.253 e. The van der Waals surface area contributed by atoms with Crippen molar-refractivity contribution in [2.24, 2.45) is 0 Å². The maximum absolute atomic E-state index is 12.8. The lowest BCUT2D eigenvalue weighted by Gasteiger charge is -2.36. The van der Waals surface area contributed by atoms with E-state index in [1.807, 2.05) is 29.2 Å². The van der Waals surface area contributed by atoms with Crippen LogP contribution in [0.3, 0.4) is 0 Å². The van der Waals surface area contributed by atoms with Crippen molar-refractivity contribution >= 4 is 11.6 Å². The molecule has 4 rings (SSSR count). The van der Waals surface area contributed by atoms with E-state index in [9.17, 15) is 4.79 Å². The van der Waals surface area contributed by atoms with Crippen molar-refractivity contribution in [3.63, 3.8) is 0 Å². The molecule has 0 radical (unpaired) electrons. The van der Waals surface area contributed by atoms with E-state index in [2.05, 4.69) is 36.1 Å². The highest BCUT2D eigenvalue weighted by molar-refractivity contribution is 5.94. The summed E-state index contributed by atoms with van der Waals surface area (Å²) in [6.45, 7) is 6.72. The van der Waals surface area contributed by atoms with Crippen LogP contribution >= 0.6 is 0 Å². The summed E-state index contributed by atoms with van der Waals surface area (Å²) in [7, 11) is 0. The van der Waals surface area contributed by atoms with Gasteiger partial charge in [-0.15, -0.1) is 0 Å². The van der Waals surface area contributed by atoms with Gasteiger partial charge in [0.15, 0.2) is 0 Å². The van der Waals surface area contributed by atoms with E-state index in [0.29, 0.717) is 12.2 Å². The maximum atomic E-state index is 12.8. The van der Waals surface area contributed by atoms with Gasteiger partial charge >= 0.3 is 0 Å². The van der Waals surface area contributed by atoms with Gasteiger partial charge in [0.1, 0.15) is 12.4 Å². The molecule has 5 heteroatoms. The van der Waals surface area contributed by atoms with Crippen molar-refractivity contribution in [1.82, 2.24) is 4.90 Å². The lowest BCUT2D eigenvalue weighted by atomic mass is 10.1. The van der Waals surface area contributed by atoms with Crippen LogP contribution in [0.4, 0.5) is 5.69 Å². The fourth-order valence-corrected chi connectivity index (χ4v) is 3.83. The number of hydrogen-bond donors (Lipinski definition) is 0. The number of rotatable bonds is 5. The highest BCUT2D eigenvalue weighted by Crippen LogP contribution is 2.20. The molecule has 2 aliphatic heterocycles. The van der Waals surface area contributed by atoms with Gasteiger partial charge in [-0.25, -0.2) is 0 Å². The van der Waals surface area contributed by atoms with Gasteiger partial charge in [0.2, 0.25) is 0 Å². The molecule has 0 saturated carbocycles. The van der Waals surface area contributed by atoms with Crippen molar-refractivity contribution in [1.29, 1.82) is 0 Å². The third-order valence-corrected chi connectivity index (χ3v) is 5.49. The first kappa shape index (κ1) is 18.8. The van der Waals surface area contributed by atoms with Crippen molar-refractivity contribution < 1.29 is 14.3 Å². The van der Waals surface area contributed by atoms with Crippen molar-refractivity contribution in [3.05, 3.63) is 59.7 Å². The number of amides is 1. The second kappa shape index (κ2) is 8.65. The van der Waals surface area contributed by atoms with E-state index in [0.717, 1.165) is 51.4 Å². The highest BCUT2D eigenvalue weighted by Gasteiger charge is 2.22. The summed E-state index contributed by atoms with van der Waals surface area (Å²) in [5.74, 6) is 0.880. The Hall–Kier alpha value is -2.53. The molecular weight excluding hydrogens is 352 g/mol. The zero-order valence-electron chi connectivity index (χ0n) is 16.5. The Bertz CT molecular complexity index is 792. The second-order valence-corrected chi connectivity index (χ2v) is 7.59. The third-order valence-electron chi connectivity index (χ3n) is 5.49. The summed E-state index contributed by atoms with van der Waals surface area (Å²) in [6, 6.07) is 16.0. The molecule has 1 atom stereocenters. The van der Waals surface area contributed by atoms with Crippen LogP contribution in [-0.4, -0.2) is 56.3 Å². The summed E-state index contributed by atoms with van der Waals surface area (Å²) in [6.07, 6.45) is 2.37. The van der Waals surface area contributed by atoms with Crippen molar-refractivity contribution in [2.75, 3.05) is 44.3 Å². The van der Waals surface area contributed by atoms with Crippen LogP contribution in [0.25, 0.3) is 0 Å². The van der Waals surface area contributed by atoms with Crippen LogP contribution in [0.2, 0.25) is 0 Å². The molecule has 0 unspecified atom stereocenters. The van der Waals surface area contributed by atoms with Gasteiger partial charge in [-0.05, 0) is 61.7 Å². The fourth-order valence-electron chi connectivity index (χ4n) is 3.83. The Morgan fingerprint density at radius 2 is 1.89 bits per heavy atom. The number of anilines is 1.